The van der Waals surface area contributed by atoms with Crippen LogP contribution in [-0.2, 0) is 17.8 Å². The Bertz CT molecular complexity index is 680. The van der Waals surface area contributed by atoms with Gasteiger partial charge in [-0.1, -0.05) is 42.5 Å². The summed E-state index contributed by atoms with van der Waals surface area (Å²) in [6.07, 6.45) is 0.885. The van der Waals surface area contributed by atoms with Crippen molar-refractivity contribution in [2.45, 2.75) is 19.5 Å². The standard InChI is InChI=1S/C21H29N3O2.HI/c1-22-21(24(2)17-18-9-5-4-6-10-18)23-16-19-11-7-12-20(15-19)26-14-8-13-25-3;/h4-7,9-12,15H,8,13-14,16-17H2,1-3H3,(H,22,23);1H. The van der Waals surface area contributed by atoms with Crippen LogP contribution in [0.1, 0.15) is 17.5 Å². The molecule has 0 spiro atoms. The van der Waals surface area contributed by atoms with E-state index in [1.54, 1.807) is 14.2 Å². The molecule has 0 bridgehead atoms. The maximum atomic E-state index is 5.76. The fourth-order valence-corrected chi connectivity index (χ4v) is 2.64. The van der Waals surface area contributed by atoms with E-state index in [1.165, 1.54) is 5.56 Å². The normalized spacial score (nSPS) is 10.9. The Morgan fingerprint density at radius 1 is 1.04 bits per heavy atom. The number of nitrogens with one attached hydrogen (secondary N) is 1. The number of rotatable bonds is 9. The van der Waals surface area contributed by atoms with Gasteiger partial charge in [-0.3, -0.25) is 4.99 Å². The van der Waals surface area contributed by atoms with Crippen LogP contribution >= 0.6 is 24.0 Å². The van der Waals surface area contributed by atoms with Crippen molar-refractivity contribution in [2.75, 3.05) is 34.4 Å². The number of ether oxygens (including phenoxy) is 2. The molecule has 27 heavy (non-hydrogen) atoms. The summed E-state index contributed by atoms with van der Waals surface area (Å²) in [4.78, 5) is 6.49. The predicted octanol–water partition coefficient (Wildman–Crippen LogP) is 3.93. The number of guanidine groups is 1. The molecule has 0 amide bonds. The van der Waals surface area contributed by atoms with Crippen molar-refractivity contribution in [1.29, 1.82) is 0 Å². The number of methoxy groups -OCH3 is 1. The minimum atomic E-state index is 0. The number of aliphatic imine (C=N–C) groups is 1. The summed E-state index contributed by atoms with van der Waals surface area (Å²) >= 11 is 0. The van der Waals surface area contributed by atoms with Gasteiger partial charge in [-0.2, -0.15) is 0 Å². The molecule has 6 heteroatoms. The third-order valence-electron chi connectivity index (χ3n) is 3.95. The van der Waals surface area contributed by atoms with E-state index in [9.17, 15) is 0 Å². The lowest BCUT2D eigenvalue weighted by molar-refractivity contribution is 0.172. The minimum absolute atomic E-state index is 0. The second kappa shape index (κ2) is 13.4. The summed E-state index contributed by atoms with van der Waals surface area (Å²) in [7, 11) is 5.55. The Kier molecular flexibility index (Phi) is 11.5. The van der Waals surface area contributed by atoms with Crippen molar-refractivity contribution in [3.05, 3.63) is 65.7 Å². The average molecular weight is 483 g/mol. The smallest absolute Gasteiger partial charge is 0.193 e. The van der Waals surface area contributed by atoms with E-state index in [-0.39, 0.29) is 24.0 Å². The molecule has 0 aliphatic heterocycles. The summed E-state index contributed by atoms with van der Waals surface area (Å²) in [6.45, 7) is 2.88. The fraction of sp³-hybridized carbons (Fsp3) is 0.381. The molecule has 0 atom stereocenters. The van der Waals surface area contributed by atoms with Gasteiger partial charge in [0.25, 0.3) is 0 Å². The lowest BCUT2D eigenvalue weighted by Crippen LogP contribution is -2.38. The first kappa shape index (κ1) is 23.2. The van der Waals surface area contributed by atoms with Crippen LogP contribution in [0.15, 0.2) is 59.6 Å². The van der Waals surface area contributed by atoms with E-state index in [0.717, 1.165) is 30.2 Å². The van der Waals surface area contributed by atoms with Crippen molar-refractivity contribution < 1.29 is 9.47 Å². The highest BCUT2D eigenvalue weighted by atomic mass is 127. The fourth-order valence-electron chi connectivity index (χ4n) is 2.64. The number of hydrogen-bond acceptors (Lipinski definition) is 3. The van der Waals surface area contributed by atoms with E-state index >= 15 is 0 Å². The van der Waals surface area contributed by atoms with Crippen LogP contribution in [0.5, 0.6) is 5.75 Å². The second-order valence-corrected chi connectivity index (χ2v) is 6.08. The highest BCUT2D eigenvalue weighted by molar-refractivity contribution is 14.0. The summed E-state index contributed by atoms with van der Waals surface area (Å²) in [5.74, 6) is 1.74. The van der Waals surface area contributed by atoms with Crippen LogP contribution in [0.4, 0.5) is 0 Å². The highest BCUT2D eigenvalue weighted by Gasteiger charge is 2.07. The minimum Gasteiger partial charge on any atom is -0.493 e. The van der Waals surface area contributed by atoms with Crippen molar-refractivity contribution >= 4 is 29.9 Å². The first-order chi connectivity index (χ1) is 12.7. The second-order valence-electron chi connectivity index (χ2n) is 6.08. The Morgan fingerprint density at radius 3 is 2.48 bits per heavy atom. The zero-order valence-corrected chi connectivity index (χ0v) is 18.7. The maximum absolute atomic E-state index is 5.76. The summed E-state index contributed by atoms with van der Waals surface area (Å²) < 4.78 is 10.8. The van der Waals surface area contributed by atoms with Gasteiger partial charge in [-0.25, -0.2) is 0 Å². The van der Waals surface area contributed by atoms with Gasteiger partial charge in [0.15, 0.2) is 5.96 Å². The highest BCUT2D eigenvalue weighted by Crippen LogP contribution is 2.13. The van der Waals surface area contributed by atoms with Crippen LogP contribution in [0, 0.1) is 0 Å². The van der Waals surface area contributed by atoms with Gasteiger partial charge in [0.05, 0.1) is 6.61 Å². The first-order valence-corrected chi connectivity index (χ1v) is 8.89. The van der Waals surface area contributed by atoms with Gasteiger partial charge in [-0.15, -0.1) is 24.0 Å². The van der Waals surface area contributed by atoms with Crippen LogP contribution in [0.25, 0.3) is 0 Å². The third-order valence-corrected chi connectivity index (χ3v) is 3.95. The Hall–Kier alpha value is -1.80. The SMILES string of the molecule is CN=C(NCc1cccc(OCCCOC)c1)N(C)Cc1ccccc1.I. The average Bonchev–Trinajstić information content (AvgIpc) is 2.67. The lowest BCUT2D eigenvalue weighted by atomic mass is 10.2. The quantitative estimate of drug-likeness (QED) is 0.254. The van der Waals surface area contributed by atoms with Gasteiger partial charge >= 0.3 is 0 Å². The van der Waals surface area contributed by atoms with E-state index in [1.807, 2.05) is 25.2 Å². The molecule has 0 fully saturated rings. The largest absolute Gasteiger partial charge is 0.493 e. The molecule has 2 aromatic rings. The van der Waals surface area contributed by atoms with Crippen LogP contribution in [0.2, 0.25) is 0 Å². The first-order valence-electron chi connectivity index (χ1n) is 8.89. The van der Waals surface area contributed by atoms with Crippen LogP contribution in [0.3, 0.4) is 0 Å². The van der Waals surface area contributed by atoms with Crippen molar-refractivity contribution in [1.82, 2.24) is 10.2 Å². The maximum Gasteiger partial charge on any atom is 0.193 e. The molecule has 0 aliphatic carbocycles. The number of benzene rings is 2. The molecule has 0 radical (unpaired) electrons. The number of nitrogens with zero attached hydrogens (tertiary/aromatic N) is 2. The Balaban J connectivity index is 0.00000364. The molecule has 1 N–H and O–H groups in total. The van der Waals surface area contributed by atoms with E-state index in [2.05, 4.69) is 51.6 Å². The molecule has 2 aromatic carbocycles. The summed E-state index contributed by atoms with van der Waals surface area (Å²) in [5.41, 5.74) is 2.41. The van der Waals surface area contributed by atoms with Gasteiger partial charge in [0.2, 0.25) is 0 Å². The predicted molar refractivity (Wildman–Crippen MR) is 122 cm³/mol. The Labute approximate surface area is 179 Å². The van der Waals surface area contributed by atoms with E-state index < -0.39 is 0 Å². The van der Waals surface area contributed by atoms with Crippen molar-refractivity contribution in [3.63, 3.8) is 0 Å². The van der Waals surface area contributed by atoms with Gasteiger partial charge in [0, 0.05) is 47.3 Å². The van der Waals surface area contributed by atoms with E-state index in [4.69, 9.17) is 9.47 Å². The molecule has 148 valence electrons. The van der Waals surface area contributed by atoms with Crippen LogP contribution in [-0.4, -0.2) is 45.3 Å². The van der Waals surface area contributed by atoms with Gasteiger partial charge in [0.1, 0.15) is 5.75 Å². The molecular weight excluding hydrogens is 453 g/mol. The van der Waals surface area contributed by atoms with Crippen LogP contribution < -0.4 is 10.1 Å². The van der Waals surface area contributed by atoms with Gasteiger partial charge < -0.3 is 19.7 Å². The molecular formula is C21H30IN3O2. The topological polar surface area (TPSA) is 46.1 Å². The molecule has 0 saturated heterocycles. The molecule has 0 unspecified atom stereocenters. The van der Waals surface area contributed by atoms with Gasteiger partial charge in [-0.05, 0) is 23.3 Å². The molecule has 5 nitrogen and oxygen atoms in total. The molecule has 0 aromatic heterocycles. The van der Waals surface area contributed by atoms with Crippen molar-refractivity contribution in [3.8, 4) is 5.75 Å². The Morgan fingerprint density at radius 2 is 1.78 bits per heavy atom. The van der Waals surface area contributed by atoms with E-state index in [0.29, 0.717) is 19.8 Å². The number of halogens is 1. The molecule has 0 heterocycles. The van der Waals surface area contributed by atoms with Crippen molar-refractivity contribution in [2.24, 2.45) is 4.99 Å². The third kappa shape index (κ3) is 8.62. The molecule has 2 rings (SSSR count). The molecule has 0 saturated carbocycles. The summed E-state index contributed by atoms with van der Waals surface area (Å²) in [6, 6.07) is 18.5. The lowest BCUT2D eigenvalue weighted by Gasteiger charge is -2.22. The zero-order chi connectivity index (χ0) is 18.6. The monoisotopic (exact) mass is 483 g/mol. The molecule has 0 aliphatic rings. The summed E-state index contributed by atoms with van der Waals surface area (Å²) in [5, 5.41) is 3.41. The zero-order valence-electron chi connectivity index (χ0n) is 16.4. The number of hydrogen-bond donors (Lipinski definition) is 1.